The standard InChI is InChI=1S/C11H16O3S/c1-14-10-4-2-3-9(7-10)11(13)8-15-6-5-12/h2-4,7,11-13H,5-6,8H2,1H3. The van der Waals surface area contributed by atoms with E-state index in [1.165, 1.54) is 11.8 Å². The molecule has 0 heterocycles. The Morgan fingerprint density at radius 1 is 1.47 bits per heavy atom. The van der Waals surface area contributed by atoms with Crippen LogP contribution in [-0.2, 0) is 0 Å². The summed E-state index contributed by atoms with van der Waals surface area (Å²) < 4.78 is 5.07. The number of hydrogen-bond acceptors (Lipinski definition) is 4. The monoisotopic (exact) mass is 228 g/mol. The predicted molar refractivity (Wildman–Crippen MR) is 62.4 cm³/mol. The van der Waals surface area contributed by atoms with Gasteiger partial charge in [-0.1, -0.05) is 12.1 Å². The average Bonchev–Trinajstić information content (AvgIpc) is 2.29. The Kier molecular flexibility index (Phi) is 5.53. The van der Waals surface area contributed by atoms with Crippen molar-refractivity contribution in [3.8, 4) is 5.75 Å². The first kappa shape index (κ1) is 12.4. The van der Waals surface area contributed by atoms with E-state index in [-0.39, 0.29) is 6.61 Å². The largest absolute Gasteiger partial charge is 0.497 e. The molecule has 15 heavy (non-hydrogen) atoms. The Hall–Kier alpha value is -0.710. The zero-order valence-corrected chi connectivity index (χ0v) is 9.54. The fourth-order valence-corrected chi connectivity index (χ4v) is 1.92. The molecule has 1 unspecified atom stereocenters. The van der Waals surface area contributed by atoms with Crippen LogP contribution in [0.2, 0.25) is 0 Å². The van der Waals surface area contributed by atoms with E-state index in [1.807, 2.05) is 24.3 Å². The maximum atomic E-state index is 9.81. The molecule has 0 aliphatic heterocycles. The number of methoxy groups -OCH3 is 1. The van der Waals surface area contributed by atoms with Crippen molar-refractivity contribution in [2.24, 2.45) is 0 Å². The van der Waals surface area contributed by atoms with Gasteiger partial charge in [-0.15, -0.1) is 0 Å². The molecule has 1 atom stereocenters. The molecule has 0 aromatic heterocycles. The summed E-state index contributed by atoms with van der Waals surface area (Å²) in [5.41, 5.74) is 0.847. The van der Waals surface area contributed by atoms with Crippen molar-refractivity contribution in [1.29, 1.82) is 0 Å². The van der Waals surface area contributed by atoms with Crippen LogP contribution in [-0.4, -0.2) is 35.4 Å². The van der Waals surface area contributed by atoms with E-state index in [1.54, 1.807) is 7.11 Å². The quantitative estimate of drug-likeness (QED) is 0.724. The molecule has 0 saturated heterocycles. The first-order valence-electron chi connectivity index (χ1n) is 4.78. The van der Waals surface area contributed by atoms with Crippen LogP contribution in [0.4, 0.5) is 0 Å². The van der Waals surface area contributed by atoms with Gasteiger partial charge >= 0.3 is 0 Å². The minimum atomic E-state index is -0.503. The average molecular weight is 228 g/mol. The molecule has 0 bridgehead atoms. The Morgan fingerprint density at radius 3 is 2.93 bits per heavy atom. The third-order valence-electron chi connectivity index (χ3n) is 1.99. The molecule has 0 aliphatic carbocycles. The van der Waals surface area contributed by atoms with Gasteiger partial charge in [0, 0.05) is 11.5 Å². The van der Waals surface area contributed by atoms with Gasteiger partial charge in [-0.05, 0) is 17.7 Å². The van der Waals surface area contributed by atoms with Gasteiger partial charge in [0.25, 0.3) is 0 Å². The minimum absolute atomic E-state index is 0.148. The second kappa shape index (κ2) is 6.71. The number of thioether (sulfide) groups is 1. The zero-order valence-electron chi connectivity index (χ0n) is 8.72. The molecule has 0 amide bonds. The summed E-state index contributed by atoms with van der Waals surface area (Å²) in [6.07, 6.45) is -0.503. The first-order chi connectivity index (χ1) is 7.27. The summed E-state index contributed by atoms with van der Waals surface area (Å²) >= 11 is 1.53. The summed E-state index contributed by atoms with van der Waals surface area (Å²) in [4.78, 5) is 0. The van der Waals surface area contributed by atoms with Crippen molar-refractivity contribution in [2.75, 3.05) is 25.2 Å². The highest BCUT2D eigenvalue weighted by Gasteiger charge is 2.07. The summed E-state index contributed by atoms with van der Waals surface area (Å²) in [5.74, 6) is 1.99. The van der Waals surface area contributed by atoms with Crippen LogP contribution in [0.3, 0.4) is 0 Å². The maximum Gasteiger partial charge on any atom is 0.119 e. The Morgan fingerprint density at radius 2 is 2.27 bits per heavy atom. The van der Waals surface area contributed by atoms with Gasteiger partial charge in [-0.25, -0.2) is 0 Å². The number of aliphatic hydroxyl groups is 2. The lowest BCUT2D eigenvalue weighted by Gasteiger charge is -2.11. The Balaban J connectivity index is 2.52. The highest BCUT2D eigenvalue weighted by atomic mass is 32.2. The molecule has 0 saturated carbocycles. The third kappa shape index (κ3) is 4.11. The summed E-state index contributed by atoms with van der Waals surface area (Å²) in [7, 11) is 1.60. The predicted octanol–water partition coefficient (Wildman–Crippen LogP) is 1.45. The summed E-state index contributed by atoms with van der Waals surface area (Å²) in [6, 6.07) is 7.39. The zero-order chi connectivity index (χ0) is 11.1. The van der Waals surface area contributed by atoms with Crippen molar-refractivity contribution >= 4 is 11.8 Å². The van der Waals surface area contributed by atoms with Crippen LogP contribution in [0.5, 0.6) is 5.75 Å². The van der Waals surface area contributed by atoms with Gasteiger partial charge in [-0.2, -0.15) is 11.8 Å². The summed E-state index contributed by atoms with van der Waals surface area (Å²) in [6.45, 7) is 0.148. The normalized spacial score (nSPS) is 12.5. The van der Waals surface area contributed by atoms with Crippen molar-refractivity contribution in [3.05, 3.63) is 29.8 Å². The molecule has 0 radical (unpaired) electrons. The molecule has 1 aromatic rings. The van der Waals surface area contributed by atoms with Gasteiger partial charge in [0.15, 0.2) is 0 Å². The highest BCUT2D eigenvalue weighted by Crippen LogP contribution is 2.21. The van der Waals surface area contributed by atoms with E-state index < -0.39 is 6.10 Å². The molecule has 1 rings (SSSR count). The topological polar surface area (TPSA) is 49.7 Å². The maximum absolute atomic E-state index is 9.81. The summed E-state index contributed by atoms with van der Waals surface area (Å²) in [5, 5.41) is 18.4. The van der Waals surface area contributed by atoms with Crippen LogP contribution < -0.4 is 4.74 Å². The van der Waals surface area contributed by atoms with Gasteiger partial charge < -0.3 is 14.9 Å². The van der Waals surface area contributed by atoms with Crippen LogP contribution in [0.25, 0.3) is 0 Å². The smallest absolute Gasteiger partial charge is 0.119 e. The molecule has 0 spiro atoms. The number of hydrogen-bond donors (Lipinski definition) is 2. The van der Waals surface area contributed by atoms with E-state index >= 15 is 0 Å². The fraction of sp³-hybridized carbons (Fsp3) is 0.455. The number of rotatable bonds is 6. The lowest BCUT2D eigenvalue weighted by atomic mass is 10.1. The van der Waals surface area contributed by atoms with Gasteiger partial charge in [-0.3, -0.25) is 0 Å². The molecule has 1 aromatic carbocycles. The minimum Gasteiger partial charge on any atom is -0.497 e. The van der Waals surface area contributed by atoms with Gasteiger partial charge in [0.05, 0.1) is 19.8 Å². The van der Waals surface area contributed by atoms with E-state index in [2.05, 4.69) is 0 Å². The van der Waals surface area contributed by atoms with Crippen LogP contribution in [0, 0.1) is 0 Å². The van der Waals surface area contributed by atoms with Crippen LogP contribution in [0.15, 0.2) is 24.3 Å². The van der Waals surface area contributed by atoms with Crippen LogP contribution in [0.1, 0.15) is 11.7 Å². The Labute approximate surface area is 94.1 Å². The van der Waals surface area contributed by atoms with Gasteiger partial charge in [0.1, 0.15) is 5.75 Å². The molecule has 0 aliphatic rings. The molecule has 3 nitrogen and oxygen atoms in total. The van der Waals surface area contributed by atoms with E-state index in [9.17, 15) is 5.11 Å². The Bertz CT molecular complexity index is 291. The number of benzene rings is 1. The molecule has 0 fully saturated rings. The van der Waals surface area contributed by atoms with Crippen molar-refractivity contribution in [2.45, 2.75) is 6.10 Å². The van der Waals surface area contributed by atoms with Gasteiger partial charge in [0.2, 0.25) is 0 Å². The molecular formula is C11H16O3S. The lowest BCUT2D eigenvalue weighted by Crippen LogP contribution is -2.02. The first-order valence-corrected chi connectivity index (χ1v) is 5.94. The molecule has 84 valence electrons. The molecule has 2 N–H and O–H groups in total. The fourth-order valence-electron chi connectivity index (χ4n) is 1.20. The van der Waals surface area contributed by atoms with Crippen molar-refractivity contribution < 1.29 is 14.9 Å². The van der Waals surface area contributed by atoms with Crippen LogP contribution >= 0.6 is 11.8 Å². The third-order valence-corrected chi connectivity index (χ3v) is 3.01. The molecule has 4 heteroatoms. The van der Waals surface area contributed by atoms with E-state index in [0.717, 1.165) is 11.3 Å². The number of aliphatic hydroxyl groups excluding tert-OH is 2. The lowest BCUT2D eigenvalue weighted by molar-refractivity contribution is 0.203. The van der Waals surface area contributed by atoms with Crippen molar-refractivity contribution in [1.82, 2.24) is 0 Å². The van der Waals surface area contributed by atoms with E-state index in [0.29, 0.717) is 11.5 Å². The second-order valence-electron chi connectivity index (χ2n) is 3.09. The van der Waals surface area contributed by atoms with E-state index in [4.69, 9.17) is 9.84 Å². The molecular weight excluding hydrogens is 212 g/mol. The van der Waals surface area contributed by atoms with Crippen molar-refractivity contribution in [3.63, 3.8) is 0 Å². The number of ether oxygens (including phenoxy) is 1. The SMILES string of the molecule is COc1cccc(C(O)CSCCO)c1. The highest BCUT2D eigenvalue weighted by molar-refractivity contribution is 7.99. The second-order valence-corrected chi connectivity index (χ2v) is 4.24.